The predicted molar refractivity (Wildman–Crippen MR) is 141 cm³/mol. The van der Waals surface area contributed by atoms with Gasteiger partial charge in [0.25, 0.3) is 5.56 Å². The topological polar surface area (TPSA) is 76.5 Å². The molecule has 2 unspecified atom stereocenters. The summed E-state index contributed by atoms with van der Waals surface area (Å²) in [7, 11) is 1.80. The van der Waals surface area contributed by atoms with Crippen LogP contribution in [0.15, 0.2) is 41.2 Å². The number of fused-ring (bicyclic) bond motifs is 1. The van der Waals surface area contributed by atoms with E-state index in [2.05, 4.69) is 23.2 Å². The van der Waals surface area contributed by atoms with E-state index >= 15 is 0 Å². The highest BCUT2D eigenvalue weighted by Crippen LogP contribution is 2.30. The second-order valence-electron chi connectivity index (χ2n) is 10.8. The van der Waals surface area contributed by atoms with E-state index in [9.17, 15) is 9.59 Å². The number of ether oxygens (including phenoxy) is 1. The highest BCUT2D eigenvalue weighted by Gasteiger charge is 2.25. The van der Waals surface area contributed by atoms with Gasteiger partial charge in [0.15, 0.2) is 0 Å². The van der Waals surface area contributed by atoms with Gasteiger partial charge in [-0.1, -0.05) is 25.1 Å². The molecule has 1 saturated heterocycles. The van der Waals surface area contributed by atoms with Gasteiger partial charge >= 0.3 is 5.97 Å². The molecule has 1 aromatic heterocycles. The number of nitrogens with one attached hydrogen (secondary N) is 1. The normalized spacial score (nSPS) is 17.0. The van der Waals surface area contributed by atoms with Crippen molar-refractivity contribution in [3.05, 3.63) is 63.4 Å². The Bertz CT molecular complexity index is 1320. The van der Waals surface area contributed by atoms with Crippen molar-refractivity contribution in [2.45, 2.75) is 59.6 Å². The minimum Gasteiger partial charge on any atom is -0.456 e. The third-order valence-corrected chi connectivity index (χ3v) is 6.42. The van der Waals surface area contributed by atoms with Crippen LogP contribution in [0.4, 0.5) is 11.6 Å². The summed E-state index contributed by atoms with van der Waals surface area (Å²) in [6.07, 6.45) is 1.09. The van der Waals surface area contributed by atoms with Crippen molar-refractivity contribution in [2.24, 2.45) is 13.0 Å². The Morgan fingerprint density at radius 3 is 2.60 bits per heavy atom. The number of para-hydroxylation sites is 1. The summed E-state index contributed by atoms with van der Waals surface area (Å²) >= 11 is 0. The lowest BCUT2D eigenvalue weighted by atomic mass is 10.0. The molecule has 7 heteroatoms. The number of esters is 1. The lowest BCUT2D eigenvalue weighted by Crippen LogP contribution is -2.30. The molecule has 2 aromatic carbocycles. The van der Waals surface area contributed by atoms with E-state index in [0.29, 0.717) is 34.0 Å². The largest absolute Gasteiger partial charge is 0.456 e. The van der Waals surface area contributed by atoms with Gasteiger partial charge in [0, 0.05) is 31.4 Å². The number of anilines is 2. The second kappa shape index (κ2) is 9.36. The van der Waals surface area contributed by atoms with Crippen molar-refractivity contribution >= 4 is 28.5 Å². The van der Waals surface area contributed by atoms with Crippen LogP contribution in [-0.2, 0) is 11.8 Å². The molecule has 0 bridgehead atoms. The first-order valence-electron chi connectivity index (χ1n) is 12.3. The van der Waals surface area contributed by atoms with Gasteiger partial charge in [0.1, 0.15) is 5.60 Å². The molecule has 0 radical (unpaired) electrons. The van der Waals surface area contributed by atoms with Crippen LogP contribution in [0.25, 0.3) is 10.9 Å². The first-order valence-corrected chi connectivity index (χ1v) is 12.3. The number of aromatic nitrogens is 2. The highest BCUT2D eigenvalue weighted by molar-refractivity contribution is 5.96. The van der Waals surface area contributed by atoms with Gasteiger partial charge in [-0.25, -0.2) is 9.78 Å². The van der Waals surface area contributed by atoms with Gasteiger partial charge in [-0.2, -0.15) is 0 Å². The average molecular weight is 477 g/mol. The summed E-state index contributed by atoms with van der Waals surface area (Å²) in [6.45, 7) is 13.6. The fraction of sp³-hybridized carbons (Fsp3) is 0.464. The Hall–Kier alpha value is -3.35. The Balaban J connectivity index is 1.76. The highest BCUT2D eigenvalue weighted by atomic mass is 16.6. The minimum absolute atomic E-state index is 0.0455. The summed E-state index contributed by atoms with van der Waals surface area (Å²) < 4.78 is 7.28. The van der Waals surface area contributed by atoms with Crippen molar-refractivity contribution in [3.8, 4) is 0 Å². The van der Waals surface area contributed by atoms with E-state index in [4.69, 9.17) is 9.72 Å². The maximum Gasteiger partial charge on any atom is 0.340 e. The number of hydrogen-bond donors (Lipinski definition) is 1. The SMILES string of the molecule is Cc1cc(C(C)Nc2ccccc2C(=O)OC(C)(C)C)c2nc(N3CCC(C)C3)n(C)c(=O)c2c1. The van der Waals surface area contributed by atoms with Crippen LogP contribution in [0.2, 0.25) is 0 Å². The van der Waals surface area contributed by atoms with Crippen molar-refractivity contribution < 1.29 is 9.53 Å². The molecular weight excluding hydrogens is 440 g/mol. The van der Waals surface area contributed by atoms with Crippen LogP contribution in [0.5, 0.6) is 0 Å². The quantitative estimate of drug-likeness (QED) is 0.509. The zero-order chi connectivity index (χ0) is 25.5. The molecule has 0 saturated carbocycles. The Morgan fingerprint density at radius 1 is 1.23 bits per heavy atom. The third kappa shape index (κ3) is 5.19. The second-order valence-corrected chi connectivity index (χ2v) is 10.8. The Kier molecular flexibility index (Phi) is 6.62. The van der Waals surface area contributed by atoms with Crippen LogP contribution in [0.3, 0.4) is 0 Å². The summed E-state index contributed by atoms with van der Waals surface area (Å²) in [6, 6.07) is 11.1. The van der Waals surface area contributed by atoms with Gasteiger partial charge in [-0.3, -0.25) is 9.36 Å². The number of nitrogens with zero attached hydrogens (tertiary/aromatic N) is 3. The summed E-state index contributed by atoms with van der Waals surface area (Å²) in [5.41, 5.74) is 3.13. The molecule has 35 heavy (non-hydrogen) atoms. The van der Waals surface area contributed by atoms with Crippen LogP contribution in [0.1, 0.15) is 68.6 Å². The van der Waals surface area contributed by atoms with E-state index in [1.54, 1.807) is 17.7 Å². The molecule has 2 atom stereocenters. The molecule has 4 rings (SSSR count). The van der Waals surface area contributed by atoms with Gasteiger partial charge in [-0.05, 0) is 70.7 Å². The number of hydrogen-bond acceptors (Lipinski definition) is 6. The molecule has 3 aromatic rings. The summed E-state index contributed by atoms with van der Waals surface area (Å²) in [4.78, 5) is 33.4. The average Bonchev–Trinajstić information content (AvgIpc) is 3.21. The van der Waals surface area contributed by atoms with Gasteiger partial charge in [-0.15, -0.1) is 0 Å². The molecule has 2 heterocycles. The van der Waals surface area contributed by atoms with Crippen molar-refractivity contribution in [3.63, 3.8) is 0 Å². The monoisotopic (exact) mass is 476 g/mol. The van der Waals surface area contributed by atoms with E-state index in [0.717, 1.165) is 30.6 Å². The fourth-order valence-corrected chi connectivity index (χ4v) is 4.70. The van der Waals surface area contributed by atoms with Gasteiger partial charge in [0.05, 0.1) is 22.5 Å². The number of rotatable bonds is 5. The molecule has 1 aliphatic heterocycles. The first-order chi connectivity index (χ1) is 16.4. The molecular formula is C28H36N4O3. The Labute approximate surface area is 207 Å². The van der Waals surface area contributed by atoms with E-state index < -0.39 is 5.60 Å². The minimum atomic E-state index is -0.587. The van der Waals surface area contributed by atoms with Crippen molar-refractivity contribution in [2.75, 3.05) is 23.3 Å². The predicted octanol–water partition coefficient (Wildman–Crippen LogP) is 5.22. The standard InChI is InChI=1S/C28H36N4O3/c1-17-12-13-32(16-17)27-30-24-21(14-18(2)15-22(24)25(33)31(27)7)19(3)29-23-11-9-8-10-20(23)26(34)35-28(4,5)6/h8-11,14-15,17,19,29H,12-13,16H2,1-7H3. The van der Waals surface area contributed by atoms with E-state index in [1.165, 1.54) is 0 Å². The van der Waals surface area contributed by atoms with Crippen LogP contribution in [-0.4, -0.2) is 34.2 Å². The van der Waals surface area contributed by atoms with Crippen molar-refractivity contribution in [1.82, 2.24) is 9.55 Å². The van der Waals surface area contributed by atoms with Crippen molar-refractivity contribution in [1.29, 1.82) is 0 Å². The van der Waals surface area contributed by atoms with Crippen LogP contribution in [0, 0.1) is 12.8 Å². The first kappa shape index (κ1) is 24.8. The lowest BCUT2D eigenvalue weighted by Gasteiger charge is -2.24. The fourth-order valence-electron chi connectivity index (χ4n) is 4.70. The molecule has 0 amide bonds. The molecule has 1 fully saturated rings. The molecule has 0 spiro atoms. The van der Waals surface area contributed by atoms with Crippen LogP contribution >= 0.6 is 0 Å². The summed E-state index contributed by atoms with van der Waals surface area (Å²) in [5, 5.41) is 4.08. The Morgan fingerprint density at radius 2 is 1.94 bits per heavy atom. The van der Waals surface area contributed by atoms with Gasteiger partial charge < -0.3 is 15.0 Å². The number of carbonyl (C=O) groups is 1. The molecule has 186 valence electrons. The number of aryl methyl sites for hydroxylation is 1. The maximum absolute atomic E-state index is 13.4. The zero-order valence-electron chi connectivity index (χ0n) is 21.8. The molecule has 0 aliphatic carbocycles. The van der Waals surface area contributed by atoms with E-state index in [1.807, 2.05) is 58.9 Å². The summed E-state index contributed by atoms with van der Waals surface area (Å²) in [5.74, 6) is 0.905. The lowest BCUT2D eigenvalue weighted by molar-refractivity contribution is 0.00706. The number of carbonyl (C=O) groups excluding carboxylic acids is 1. The van der Waals surface area contributed by atoms with E-state index in [-0.39, 0.29) is 17.6 Å². The molecule has 1 N–H and O–H groups in total. The maximum atomic E-state index is 13.4. The molecule has 7 nitrogen and oxygen atoms in total. The molecule has 1 aliphatic rings. The van der Waals surface area contributed by atoms with Crippen LogP contribution < -0.4 is 15.8 Å². The zero-order valence-corrected chi connectivity index (χ0v) is 21.8. The number of benzene rings is 2. The smallest absolute Gasteiger partial charge is 0.340 e. The van der Waals surface area contributed by atoms with Gasteiger partial charge in [0.2, 0.25) is 5.95 Å². The third-order valence-electron chi connectivity index (χ3n) is 6.42.